The van der Waals surface area contributed by atoms with Gasteiger partial charge < -0.3 is 15.2 Å². The summed E-state index contributed by atoms with van der Waals surface area (Å²) in [6.45, 7) is 7.80. The number of imidazole rings is 1. The summed E-state index contributed by atoms with van der Waals surface area (Å²) < 4.78 is 2.22. The number of benzene rings is 1. The van der Waals surface area contributed by atoms with Gasteiger partial charge in [-0.05, 0) is 30.5 Å². The summed E-state index contributed by atoms with van der Waals surface area (Å²) in [6.07, 6.45) is 2.09. The fourth-order valence-electron chi connectivity index (χ4n) is 3.35. The van der Waals surface area contributed by atoms with Gasteiger partial charge in [-0.3, -0.25) is 0 Å². The number of fused-ring (bicyclic) bond motifs is 1. The molecule has 6 heteroatoms. The predicted molar refractivity (Wildman–Crippen MR) is 102 cm³/mol. The number of para-hydroxylation sites is 2. The number of piperidine rings is 1. The summed E-state index contributed by atoms with van der Waals surface area (Å²) in [5.74, 6) is 1.17. The van der Waals surface area contributed by atoms with Crippen LogP contribution < -0.4 is 5.73 Å². The van der Waals surface area contributed by atoms with E-state index in [1.807, 2.05) is 6.07 Å². The molecule has 3 rings (SSSR count). The Morgan fingerprint density at radius 2 is 1.96 bits per heavy atom. The molecule has 0 aliphatic carbocycles. The molecule has 1 saturated heterocycles. The van der Waals surface area contributed by atoms with Crippen LogP contribution in [-0.4, -0.2) is 40.1 Å². The van der Waals surface area contributed by atoms with Gasteiger partial charge in [-0.25, -0.2) is 4.98 Å². The van der Waals surface area contributed by atoms with Crippen molar-refractivity contribution < 1.29 is 0 Å². The first-order valence-electron chi connectivity index (χ1n) is 7.86. The molecule has 0 radical (unpaired) electrons. The van der Waals surface area contributed by atoms with Crippen LogP contribution in [0.2, 0.25) is 0 Å². The second-order valence-electron chi connectivity index (χ2n) is 6.99. The van der Waals surface area contributed by atoms with Crippen molar-refractivity contribution in [2.45, 2.75) is 32.7 Å². The molecule has 1 fully saturated rings. The van der Waals surface area contributed by atoms with E-state index in [4.69, 9.17) is 10.7 Å². The fraction of sp³-hybridized carbons (Fsp3) is 0.588. The standard InChI is InChI=1S/C17H26N4.2ClH/c1-17(2)12-21(10-8-15(17)18)11-9-16-19-13-6-4-5-7-14(13)20(16)3;;/h4-7,15H,8-12,18H2,1-3H3;2*1H. The van der Waals surface area contributed by atoms with Gasteiger partial charge in [0, 0.05) is 32.6 Å². The van der Waals surface area contributed by atoms with Crippen LogP contribution in [0, 0.1) is 5.41 Å². The van der Waals surface area contributed by atoms with E-state index in [-0.39, 0.29) is 30.2 Å². The van der Waals surface area contributed by atoms with E-state index in [9.17, 15) is 0 Å². The van der Waals surface area contributed by atoms with Gasteiger partial charge in [0.05, 0.1) is 11.0 Å². The largest absolute Gasteiger partial charge is 0.331 e. The molecular formula is C17H28Cl2N4. The lowest BCUT2D eigenvalue weighted by Gasteiger charge is -2.42. The molecule has 1 unspecified atom stereocenters. The molecule has 1 aliphatic rings. The van der Waals surface area contributed by atoms with E-state index in [0.29, 0.717) is 6.04 Å². The molecule has 0 bridgehead atoms. The molecule has 0 amide bonds. The minimum absolute atomic E-state index is 0. The Morgan fingerprint density at radius 1 is 1.26 bits per heavy atom. The number of hydrogen-bond donors (Lipinski definition) is 1. The third-order valence-corrected chi connectivity index (χ3v) is 4.92. The molecule has 2 heterocycles. The maximum absolute atomic E-state index is 6.21. The van der Waals surface area contributed by atoms with Gasteiger partial charge in [-0.1, -0.05) is 26.0 Å². The van der Waals surface area contributed by atoms with Crippen LogP contribution in [0.15, 0.2) is 24.3 Å². The Hall–Kier alpha value is -0.810. The van der Waals surface area contributed by atoms with E-state index < -0.39 is 0 Å². The Labute approximate surface area is 151 Å². The van der Waals surface area contributed by atoms with Crippen molar-refractivity contribution in [2.24, 2.45) is 18.2 Å². The molecule has 1 aromatic carbocycles. The average molecular weight is 359 g/mol. The Bertz CT molecular complexity index is 639. The number of halogens is 2. The first kappa shape index (κ1) is 20.2. The second-order valence-corrected chi connectivity index (χ2v) is 6.99. The number of nitrogens with two attached hydrogens (primary N) is 1. The first-order chi connectivity index (χ1) is 9.97. The Morgan fingerprint density at radius 3 is 2.61 bits per heavy atom. The van der Waals surface area contributed by atoms with Crippen LogP contribution >= 0.6 is 24.8 Å². The molecule has 2 N–H and O–H groups in total. The van der Waals surface area contributed by atoms with Gasteiger partial charge in [-0.2, -0.15) is 0 Å². The molecule has 0 saturated carbocycles. The zero-order valence-corrected chi connectivity index (χ0v) is 15.8. The van der Waals surface area contributed by atoms with Crippen LogP contribution in [0.4, 0.5) is 0 Å². The molecule has 1 atom stereocenters. The van der Waals surface area contributed by atoms with Crippen LogP contribution in [0.5, 0.6) is 0 Å². The minimum Gasteiger partial charge on any atom is -0.331 e. The smallest absolute Gasteiger partial charge is 0.110 e. The normalized spacial score (nSPS) is 20.8. The van der Waals surface area contributed by atoms with Gasteiger partial charge in [0.15, 0.2) is 0 Å². The summed E-state index contributed by atoms with van der Waals surface area (Å²) in [5.41, 5.74) is 8.74. The summed E-state index contributed by atoms with van der Waals surface area (Å²) in [6, 6.07) is 8.66. The zero-order chi connectivity index (χ0) is 15.0. The van der Waals surface area contributed by atoms with Crippen molar-refractivity contribution in [1.82, 2.24) is 14.5 Å². The lowest BCUT2D eigenvalue weighted by Crippen LogP contribution is -2.52. The summed E-state index contributed by atoms with van der Waals surface area (Å²) in [4.78, 5) is 7.29. The van der Waals surface area contributed by atoms with Gasteiger partial charge in [-0.15, -0.1) is 24.8 Å². The van der Waals surface area contributed by atoms with Crippen LogP contribution in [0.25, 0.3) is 11.0 Å². The first-order valence-corrected chi connectivity index (χ1v) is 7.86. The highest BCUT2D eigenvalue weighted by Gasteiger charge is 2.33. The van der Waals surface area contributed by atoms with Crippen molar-refractivity contribution in [3.05, 3.63) is 30.1 Å². The van der Waals surface area contributed by atoms with Crippen LogP contribution in [-0.2, 0) is 13.5 Å². The lowest BCUT2D eigenvalue weighted by molar-refractivity contribution is 0.0959. The molecule has 1 aliphatic heterocycles. The van der Waals surface area contributed by atoms with E-state index in [2.05, 4.69) is 48.6 Å². The number of likely N-dealkylation sites (tertiary alicyclic amines) is 1. The van der Waals surface area contributed by atoms with E-state index in [1.165, 1.54) is 11.3 Å². The molecule has 2 aromatic rings. The zero-order valence-electron chi connectivity index (χ0n) is 14.2. The minimum atomic E-state index is 0. The third kappa shape index (κ3) is 4.18. The van der Waals surface area contributed by atoms with Crippen molar-refractivity contribution in [1.29, 1.82) is 0 Å². The maximum atomic E-state index is 6.21. The summed E-state index contributed by atoms with van der Waals surface area (Å²) in [7, 11) is 2.11. The molecule has 0 spiro atoms. The molecule has 1 aromatic heterocycles. The molecule has 23 heavy (non-hydrogen) atoms. The maximum Gasteiger partial charge on any atom is 0.110 e. The summed E-state index contributed by atoms with van der Waals surface area (Å²) >= 11 is 0. The van der Waals surface area contributed by atoms with Crippen molar-refractivity contribution in [2.75, 3.05) is 19.6 Å². The number of aromatic nitrogens is 2. The van der Waals surface area contributed by atoms with Crippen LogP contribution in [0.1, 0.15) is 26.1 Å². The molecular weight excluding hydrogens is 331 g/mol. The molecule has 4 nitrogen and oxygen atoms in total. The Balaban J connectivity index is 0.00000132. The predicted octanol–water partition coefficient (Wildman–Crippen LogP) is 3.02. The monoisotopic (exact) mass is 358 g/mol. The highest BCUT2D eigenvalue weighted by molar-refractivity contribution is 5.85. The van der Waals surface area contributed by atoms with E-state index >= 15 is 0 Å². The lowest BCUT2D eigenvalue weighted by atomic mass is 9.80. The quantitative estimate of drug-likeness (QED) is 0.917. The van der Waals surface area contributed by atoms with Crippen molar-refractivity contribution >= 4 is 35.8 Å². The average Bonchev–Trinajstić information content (AvgIpc) is 2.77. The third-order valence-electron chi connectivity index (χ3n) is 4.92. The number of nitrogens with zero attached hydrogens (tertiary/aromatic N) is 3. The van der Waals surface area contributed by atoms with E-state index in [1.54, 1.807) is 0 Å². The number of aryl methyl sites for hydroxylation is 1. The van der Waals surface area contributed by atoms with Gasteiger partial charge in [0.1, 0.15) is 5.82 Å². The summed E-state index contributed by atoms with van der Waals surface area (Å²) in [5, 5.41) is 0. The fourth-order valence-corrected chi connectivity index (χ4v) is 3.35. The van der Waals surface area contributed by atoms with Crippen LogP contribution in [0.3, 0.4) is 0 Å². The van der Waals surface area contributed by atoms with Crippen molar-refractivity contribution in [3.63, 3.8) is 0 Å². The SMILES string of the molecule is Cl.Cl.Cn1c(CCN2CCC(N)C(C)(C)C2)nc2ccccc21. The second kappa shape index (κ2) is 7.84. The topological polar surface area (TPSA) is 47.1 Å². The molecule has 130 valence electrons. The Kier molecular flexibility index (Phi) is 6.90. The highest BCUT2D eigenvalue weighted by atomic mass is 35.5. The van der Waals surface area contributed by atoms with Gasteiger partial charge in [0.25, 0.3) is 0 Å². The van der Waals surface area contributed by atoms with Gasteiger partial charge in [0.2, 0.25) is 0 Å². The van der Waals surface area contributed by atoms with Gasteiger partial charge >= 0.3 is 0 Å². The van der Waals surface area contributed by atoms with E-state index in [0.717, 1.165) is 38.0 Å². The van der Waals surface area contributed by atoms with Crippen molar-refractivity contribution in [3.8, 4) is 0 Å². The highest BCUT2D eigenvalue weighted by Crippen LogP contribution is 2.27. The number of hydrogen-bond acceptors (Lipinski definition) is 3. The number of rotatable bonds is 3.